The number of hydrogen-bond acceptors (Lipinski definition) is 4. The highest BCUT2D eigenvalue weighted by Crippen LogP contribution is 2.22. The van der Waals surface area contributed by atoms with E-state index >= 15 is 0 Å². The van der Waals surface area contributed by atoms with Crippen LogP contribution in [0.15, 0.2) is 42.5 Å². The Morgan fingerprint density at radius 3 is 2.37 bits per heavy atom. The van der Waals surface area contributed by atoms with Crippen LogP contribution in [0.5, 0.6) is 0 Å². The average Bonchev–Trinajstić information content (AvgIpc) is 2.80. The van der Waals surface area contributed by atoms with E-state index in [2.05, 4.69) is 5.32 Å². The maximum Gasteiger partial charge on any atom is 0.242 e. The zero-order valence-corrected chi connectivity index (χ0v) is 21.4. The fourth-order valence-electron chi connectivity index (χ4n) is 3.59. The molecule has 0 spiro atoms. The fraction of sp³-hybridized carbons (Fsp3) is 0.440. The van der Waals surface area contributed by atoms with E-state index in [0.29, 0.717) is 6.54 Å². The number of nitrogens with one attached hydrogen (secondary N) is 1. The molecule has 0 aliphatic heterocycles. The van der Waals surface area contributed by atoms with Crippen LogP contribution >= 0.6 is 0 Å². The van der Waals surface area contributed by atoms with Gasteiger partial charge in [-0.3, -0.25) is 13.9 Å². The number of nitrogens with zero attached hydrogens (tertiary/aromatic N) is 2. The van der Waals surface area contributed by atoms with Crippen molar-refractivity contribution in [3.8, 4) is 0 Å². The predicted octanol–water partition coefficient (Wildman–Crippen LogP) is 3.76. The number of hydrogen-bond donors (Lipinski definition) is 1. The zero-order chi connectivity index (χ0) is 26.2. The third-order valence-electron chi connectivity index (χ3n) is 5.66. The van der Waals surface area contributed by atoms with Gasteiger partial charge in [0.05, 0.1) is 11.9 Å². The Kier molecular flexibility index (Phi) is 10.2. The minimum Gasteiger partial charge on any atom is -0.354 e. The molecule has 192 valence electrons. The molecular weight excluding hydrogens is 476 g/mol. The van der Waals surface area contributed by atoms with Crippen LogP contribution < -0.4 is 9.62 Å². The highest BCUT2D eigenvalue weighted by atomic mass is 32.2. The van der Waals surface area contributed by atoms with Crippen LogP contribution in [0.2, 0.25) is 0 Å². The lowest BCUT2D eigenvalue weighted by Gasteiger charge is -2.30. The summed E-state index contributed by atoms with van der Waals surface area (Å²) in [6.07, 6.45) is 1.81. The quantitative estimate of drug-likeness (QED) is 0.472. The van der Waals surface area contributed by atoms with Gasteiger partial charge in [0, 0.05) is 32.1 Å². The molecule has 0 saturated heterocycles. The largest absolute Gasteiger partial charge is 0.354 e. The monoisotopic (exact) mass is 509 g/mol. The van der Waals surface area contributed by atoms with E-state index in [9.17, 15) is 26.8 Å². The van der Waals surface area contributed by atoms with Gasteiger partial charge >= 0.3 is 0 Å². The van der Waals surface area contributed by atoms with Gasteiger partial charge in [-0.05, 0) is 49.9 Å². The van der Waals surface area contributed by atoms with Crippen LogP contribution in [0.3, 0.4) is 0 Å². The summed E-state index contributed by atoms with van der Waals surface area (Å²) in [5, 5.41) is 2.81. The van der Waals surface area contributed by atoms with E-state index in [4.69, 9.17) is 0 Å². The van der Waals surface area contributed by atoms with Crippen LogP contribution in [0.1, 0.15) is 44.2 Å². The van der Waals surface area contributed by atoms with Crippen LogP contribution in [0, 0.1) is 18.6 Å². The molecule has 0 unspecified atom stereocenters. The fourth-order valence-corrected chi connectivity index (χ4v) is 4.55. The van der Waals surface area contributed by atoms with Gasteiger partial charge in [0.15, 0.2) is 11.6 Å². The first-order valence-corrected chi connectivity index (χ1v) is 13.3. The van der Waals surface area contributed by atoms with Crippen molar-refractivity contribution in [1.29, 1.82) is 0 Å². The minimum atomic E-state index is -3.80. The standard InChI is InChI=1S/C25H33F2N3O4S/c1-5-14-28-25(32)19(3)29(17-20-10-7-6-9-18(20)2)24(31)11-8-15-30(35(4,33)34)21-12-13-22(26)23(27)16-21/h6-7,9-10,12-13,16,19H,5,8,11,14-15,17H2,1-4H3,(H,28,32)/t19-/m1/s1. The average molecular weight is 510 g/mol. The topological polar surface area (TPSA) is 86.8 Å². The molecule has 0 bridgehead atoms. The molecule has 0 radical (unpaired) electrons. The first-order valence-electron chi connectivity index (χ1n) is 11.5. The van der Waals surface area contributed by atoms with Gasteiger partial charge in [0.1, 0.15) is 6.04 Å². The van der Waals surface area contributed by atoms with Crippen molar-refractivity contribution in [2.45, 2.75) is 52.6 Å². The van der Waals surface area contributed by atoms with E-state index in [1.807, 2.05) is 38.1 Å². The molecule has 10 heteroatoms. The second-order valence-electron chi connectivity index (χ2n) is 8.45. The zero-order valence-electron chi connectivity index (χ0n) is 20.6. The lowest BCUT2D eigenvalue weighted by molar-refractivity contribution is -0.140. The van der Waals surface area contributed by atoms with Crippen LogP contribution in [0.4, 0.5) is 14.5 Å². The maximum atomic E-state index is 13.7. The molecule has 2 amide bonds. The number of anilines is 1. The number of sulfonamides is 1. The first-order chi connectivity index (χ1) is 16.5. The Morgan fingerprint density at radius 1 is 1.09 bits per heavy atom. The molecular formula is C25H33F2N3O4S. The Hall–Kier alpha value is -3.01. The van der Waals surface area contributed by atoms with Gasteiger partial charge in [-0.2, -0.15) is 0 Å². The van der Waals surface area contributed by atoms with E-state index in [1.165, 1.54) is 11.0 Å². The second kappa shape index (κ2) is 12.6. The molecule has 2 aromatic carbocycles. The van der Waals surface area contributed by atoms with Crippen molar-refractivity contribution in [3.63, 3.8) is 0 Å². The Balaban J connectivity index is 2.18. The van der Waals surface area contributed by atoms with Crippen molar-refractivity contribution in [2.24, 2.45) is 0 Å². The van der Waals surface area contributed by atoms with E-state index in [0.717, 1.165) is 40.2 Å². The van der Waals surface area contributed by atoms with Crippen molar-refractivity contribution >= 4 is 27.5 Å². The molecule has 1 N–H and O–H groups in total. The van der Waals surface area contributed by atoms with Crippen molar-refractivity contribution in [3.05, 3.63) is 65.2 Å². The van der Waals surface area contributed by atoms with Gasteiger partial charge in [-0.25, -0.2) is 17.2 Å². The summed E-state index contributed by atoms with van der Waals surface area (Å²) < 4.78 is 52.5. The molecule has 35 heavy (non-hydrogen) atoms. The van der Waals surface area contributed by atoms with E-state index < -0.39 is 27.7 Å². The number of amides is 2. The van der Waals surface area contributed by atoms with Crippen LogP contribution in [-0.2, 0) is 26.2 Å². The number of rotatable bonds is 12. The second-order valence-corrected chi connectivity index (χ2v) is 10.4. The molecule has 2 aromatic rings. The minimum absolute atomic E-state index is 0.0251. The van der Waals surface area contributed by atoms with Crippen molar-refractivity contribution < 1.29 is 26.8 Å². The van der Waals surface area contributed by atoms with Crippen molar-refractivity contribution in [1.82, 2.24) is 10.2 Å². The van der Waals surface area contributed by atoms with E-state index in [1.54, 1.807) is 6.92 Å². The highest BCUT2D eigenvalue weighted by molar-refractivity contribution is 7.92. The van der Waals surface area contributed by atoms with Gasteiger partial charge in [-0.1, -0.05) is 31.2 Å². The summed E-state index contributed by atoms with van der Waals surface area (Å²) in [5.74, 6) is -2.83. The van der Waals surface area contributed by atoms with Gasteiger partial charge in [0.25, 0.3) is 0 Å². The summed E-state index contributed by atoms with van der Waals surface area (Å²) in [4.78, 5) is 27.3. The Morgan fingerprint density at radius 2 is 1.77 bits per heavy atom. The molecule has 0 fully saturated rings. The molecule has 0 aliphatic carbocycles. The summed E-state index contributed by atoms with van der Waals surface area (Å²) in [6.45, 7) is 6.13. The summed E-state index contributed by atoms with van der Waals surface area (Å²) in [7, 11) is -3.80. The third-order valence-corrected chi connectivity index (χ3v) is 6.86. The Labute approximate surface area is 206 Å². The number of halogens is 2. The molecule has 0 saturated carbocycles. The van der Waals surface area contributed by atoms with Gasteiger partial charge in [-0.15, -0.1) is 0 Å². The first kappa shape index (κ1) is 28.2. The molecule has 0 aliphatic rings. The molecule has 7 nitrogen and oxygen atoms in total. The molecule has 0 aromatic heterocycles. The number of carbonyl (C=O) groups is 2. The maximum absolute atomic E-state index is 13.7. The number of aryl methyl sites for hydroxylation is 1. The van der Waals surface area contributed by atoms with Crippen LogP contribution in [0.25, 0.3) is 0 Å². The van der Waals surface area contributed by atoms with Crippen molar-refractivity contribution in [2.75, 3.05) is 23.7 Å². The molecule has 2 rings (SSSR count). The summed E-state index contributed by atoms with van der Waals surface area (Å²) in [5.41, 5.74) is 1.85. The van der Waals surface area contributed by atoms with Gasteiger partial charge < -0.3 is 10.2 Å². The molecule has 1 atom stereocenters. The van der Waals surface area contributed by atoms with Crippen LogP contribution in [-0.4, -0.2) is 50.5 Å². The predicted molar refractivity (Wildman–Crippen MR) is 132 cm³/mol. The van der Waals surface area contributed by atoms with E-state index in [-0.39, 0.29) is 43.4 Å². The summed E-state index contributed by atoms with van der Waals surface area (Å²) in [6, 6.07) is 9.67. The summed E-state index contributed by atoms with van der Waals surface area (Å²) >= 11 is 0. The Bertz CT molecular complexity index is 1140. The smallest absolute Gasteiger partial charge is 0.242 e. The lowest BCUT2D eigenvalue weighted by atomic mass is 10.1. The number of benzene rings is 2. The van der Waals surface area contributed by atoms with Gasteiger partial charge in [0.2, 0.25) is 21.8 Å². The normalized spacial score (nSPS) is 12.2. The lowest BCUT2D eigenvalue weighted by Crippen LogP contribution is -2.48. The molecule has 0 heterocycles. The highest BCUT2D eigenvalue weighted by Gasteiger charge is 2.27. The SMILES string of the molecule is CCCNC(=O)[C@@H](C)N(Cc1ccccc1C)C(=O)CCCN(c1ccc(F)c(F)c1)S(C)(=O)=O. The third kappa shape index (κ3) is 8.02. The number of carbonyl (C=O) groups excluding carboxylic acids is 2.